The van der Waals surface area contributed by atoms with Gasteiger partial charge in [-0.1, -0.05) is 11.3 Å². The fraction of sp³-hybridized carbons (Fsp3) is 0.105. The van der Waals surface area contributed by atoms with E-state index in [9.17, 15) is 9.59 Å². The minimum Gasteiger partial charge on any atom is -0.497 e. The molecule has 27 heavy (non-hydrogen) atoms. The lowest BCUT2D eigenvalue weighted by Crippen LogP contribution is -2.20. The first-order valence-electron chi connectivity index (χ1n) is 8.02. The highest BCUT2D eigenvalue weighted by atomic mass is 32.1. The predicted molar refractivity (Wildman–Crippen MR) is 103 cm³/mol. The molecular weight excluding hydrogens is 368 g/mol. The molecule has 1 amide bonds. The van der Waals surface area contributed by atoms with E-state index < -0.39 is 5.63 Å². The first-order chi connectivity index (χ1) is 13.1. The molecule has 0 saturated heterocycles. The second kappa shape index (κ2) is 7.08. The summed E-state index contributed by atoms with van der Waals surface area (Å²) in [6, 6.07) is 13.6. The zero-order valence-corrected chi connectivity index (χ0v) is 15.0. The molecule has 2 aromatic heterocycles. The summed E-state index contributed by atoms with van der Waals surface area (Å²) in [6.45, 7) is -0.193. The molecule has 7 nitrogen and oxygen atoms in total. The maximum atomic E-state index is 12.1. The number of amides is 1. The smallest absolute Gasteiger partial charge is 0.336 e. The van der Waals surface area contributed by atoms with Crippen LogP contribution in [0.3, 0.4) is 0 Å². The third-order valence-electron chi connectivity index (χ3n) is 3.81. The van der Waals surface area contributed by atoms with Crippen molar-refractivity contribution in [2.75, 3.05) is 19.0 Å². The van der Waals surface area contributed by atoms with Crippen LogP contribution in [0.1, 0.15) is 0 Å². The van der Waals surface area contributed by atoms with Gasteiger partial charge in [-0.25, -0.2) is 9.78 Å². The molecule has 0 bridgehead atoms. The maximum absolute atomic E-state index is 12.1. The van der Waals surface area contributed by atoms with Crippen molar-refractivity contribution in [3.63, 3.8) is 0 Å². The Bertz CT molecular complexity index is 1200. The molecule has 4 rings (SSSR count). The number of nitrogens with one attached hydrogen (secondary N) is 1. The number of anilines is 1. The Morgan fingerprint density at radius 3 is 2.81 bits per heavy atom. The Morgan fingerprint density at radius 1 is 1.15 bits per heavy atom. The van der Waals surface area contributed by atoms with Crippen molar-refractivity contribution in [2.45, 2.75) is 0 Å². The van der Waals surface area contributed by atoms with Crippen LogP contribution in [0.25, 0.3) is 21.2 Å². The first kappa shape index (κ1) is 17.0. The van der Waals surface area contributed by atoms with Crippen LogP contribution in [-0.2, 0) is 4.79 Å². The van der Waals surface area contributed by atoms with E-state index in [2.05, 4.69) is 10.3 Å². The number of hydrogen-bond acceptors (Lipinski definition) is 7. The lowest BCUT2D eigenvalue weighted by molar-refractivity contribution is -0.118. The van der Waals surface area contributed by atoms with Crippen LogP contribution in [0.15, 0.2) is 57.7 Å². The number of carbonyl (C=O) groups is 1. The number of fused-ring (bicyclic) bond motifs is 2. The molecular formula is C19H14N2O5S. The van der Waals surface area contributed by atoms with E-state index in [0.29, 0.717) is 16.5 Å². The zero-order chi connectivity index (χ0) is 18.8. The summed E-state index contributed by atoms with van der Waals surface area (Å²) in [5.41, 5.74) is 0.743. The normalized spacial score (nSPS) is 10.9. The molecule has 0 fully saturated rings. The average molecular weight is 382 g/mol. The Morgan fingerprint density at radius 2 is 1.96 bits per heavy atom. The number of nitrogens with zero attached hydrogens (tertiary/aromatic N) is 1. The molecule has 0 atom stereocenters. The van der Waals surface area contributed by atoms with Crippen LogP contribution in [0, 0.1) is 0 Å². The minimum absolute atomic E-state index is 0.193. The number of thiazole rings is 1. The van der Waals surface area contributed by atoms with Crippen LogP contribution >= 0.6 is 11.3 Å². The van der Waals surface area contributed by atoms with Gasteiger partial charge in [-0.3, -0.25) is 10.1 Å². The molecule has 0 aliphatic rings. The highest BCUT2D eigenvalue weighted by Crippen LogP contribution is 2.29. The lowest BCUT2D eigenvalue weighted by Gasteiger charge is -2.06. The van der Waals surface area contributed by atoms with Gasteiger partial charge in [-0.15, -0.1) is 0 Å². The molecule has 0 saturated carbocycles. The number of benzene rings is 2. The van der Waals surface area contributed by atoms with Gasteiger partial charge in [0.25, 0.3) is 5.91 Å². The third-order valence-corrected chi connectivity index (χ3v) is 4.74. The van der Waals surface area contributed by atoms with Gasteiger partial charge in [-0.05, 0) is 36.4 Å². The number of ether oxygens (including phenoxy) is 2. The molecule has 136 valence electrons. The van der Waals surface area contributed by atoms with Gasteiger partial charge in [-0.2, -0.15) is 0 Å². The molecule has 2 heterocycles. The van der Waals surface area contributed by atoms with Crippen LogP contribution in [0.5, 0.6) is 11.5 Å². The topological polar surface area (TPSA) is 90.7 Å². The average Bonchev–Trinajstić information content (AvgIpc) is 3.07. The van der Waals surface area contributed by atoms with E-state index in [-0.39, 0.29) is 12.5 Å². The fourth-order valence-corrected chi connectivity index (χ4v) is 3.43. The molecule has 0 aliphatic heterocycles. The quantitative estimate of drug-likeness (QED) is 0.532. The summed E-state index contributed by atoms with van der Waals surface area (Å²) in [4.78, 5) is 27.8. The number of carbonyl (C=O) groups excluding carboxylic acids is 1. The maximum Gasteiger partial charge on any atom is 0.336 e. The standard InChI is InChI=1S/C19H14N2O5S/c1-24-12-5-6-14-16(9-12)27-19(20-14)21-17(22)10-25-13-4-2-11-3-7-18(23)26-15(11)8-13/h2-9H,10H2,1H3,(H,20,21,22). The monoisotopic (exact) mass is 382 g/mol. The molecule has 0 aliphatic carbocycles. The summed E-state index contributed by atoms with van der Waals surface area (Å²) in [6.07, 6.45) is 0. The minimum atomic E-state index is -0.440. The van der Waals surface area contributed by atoms with Gasteiger partial charge in [0.05, 0.1) is 17.3 Å². The molecule has 2 aromatic carbocycles. The molecule has 4 aromatic rings. The van der Waals surface area contributed by atoms with Crippen LogP contribution in [0.4, 0.5) is 5.13 Å². The van der Waals surface area contributed by atoms with Crippen molar-refractivity contribution in [1.82, 2.24) is 4.98 Å². The van der Waals surface area contributed by atoms with Gasteiger partial charge in [0.15, 0.2) is 11.7 Å². The van der Waals surface area contributed by atoms with Crippen LogP contribution in [-0.4, -0.2) is 24.6 Å². The molecule has 8 heteroatoms. The highest BCUT2D eigenvalue weighted by Gasteiger charge is 2.10. The fourth-order valence-electron chi connectivity index (χ4n) is 2.52. The highest BCUT2D eigenvalue weighted by molar-refractivity contribution is 7.22. The van der Waals surface area contributed by atoms with Gasteiger partial charge in [0.2, 0.25) is 0 Å². The van der Waals surface area contributed by atoms with Crippen molar-refractivity contribution in [1.29, 1.82) is 0 Å². The summed E-state index contributed by atoms with van der Waals surface area (Å²) in [5, 5.41) is 3.97. The lowest BCUT2D eigenvalue weighted by atomic mass is 10.2. The number of methoxy groups -OCH3 is 1. The Balaban J connectivity index is 1.43. The zero-order valence-electron chi connectivity index (χ0n) is 14.2. The molecule has 0 unspecified atom stereocenters. The second-order valence-electron chi connectivity index (χ2n) is 5.64. The predicted octanol–water partition coefficient (Wildman–Crippen LogP) is 3.43. The van der Waals surface area contributed by atoms with Crippen molar-refractivity contribution < 1.29 is 18.7 Å². The number of aromatic nitrogens is 1. The van der Waals surface area contributed by atoms with Crippen LogP contribution < -0.4 is 20.4 Å². The van der Waals surface area contributed by atoms with Crippen molar-refractivity contribution in [2.24, 2.45) is 0 Å². The van der Waals surface area contributed by atoms with Crippen molar-refractivity contribution in [3.05, 3.63) is 59.0 Å². The number of rotatable bonds is 5. The SMILES string of the molecule is COc1ccc2nc(NC(=O)COc3ccc4ccc(=O)oc4c3)sc2c1. The van der Waals surface area contributed by atoms with Gasteiger partial charge in [0, 0.05) is 17.5 Å². The van der Waals surface area contributed by atoms with E-state index in [0.717, 1.165) is 21.4 Å². The summed E-state index contributed by atoms with van der Waals surface area (Å²) in [7, 11) is 1.60. The second-order valence-corrected chi connectivity index (χ2v) is 6.67. The van der Waals surface area contributed by atoms with Gasteiger partial charge in [0.1, 0.15) is 17.1 Å². The molecule has 0 radical (unpaired) electrons. The summed E-state index contributed by atoms with van der Waals surface area (Å²) in [5.74, 6) is 0.826. The number of hydrogen-bond donors (Lipinski definition) is 1. The van der Waals surface area contributed by atoms with E-state index in [1.165, 1.54) is 17.4 Å². The van der Waals surface area contributed by atoms with E-state index in [4.69, 9.17) is 13.9 Å². The summed E-state index contributed by atoms with van der Waals surface area (Å²) < 4.78 is 16.7. The van der Waals surface area contributed by atoms with Crippen LogP contribution in [0.2, 0.25) is 0 Å². The van der Waals surface area contributed by atoms with Crippen molar-refractivity contribution in [3.8, 4) is 11.5 Å². The third kappa shape index (κ3) is 3.75. The van der Waals surface area contributed by atoms with Gasteiger partial charge < -0.3 is 13.9 Å². The molecule has 1 N–H and O–H groups in total. The molecule has 0 spiro atoms. The van der Waals surface area contributed by atoms with E-state index >= 15 is 0 Å². The van der Waals surface area contributed by atoms with Crippen molar-refractivity contribution >= 4 is 43.6 Å². The largest absolute Gasteiger partial charge is 0.497 e. The summed E-state index contributed by atoms with van der Waals surface area (Å²) >= 11 is 1.35. The Kier molecular flexibility index (Phi) is 4.47. The first-order valence-corrected chi connectivity index (χ1v) is 8.83. The Hall–Kier alpha value is -3.39. The van der Waals surface area contributed by atoms with E-state index in [1.54, 1.807) is 31.4 Å². The van der Waals surface area contributed by atoms with E-state index in [1.807, 2.05) is 18.2 Å². The van der Waals surface area contributed by atoms with Gasteiger partial charge >= 0.3 is 5.63 Å². The Labute approximate surface area is 157 Å².